The van der Waals surface area contributed by atoms with Crippen LogP contribution in [-0.2, 0) is 0 Å². The molecule has 0 aliphatic carbocycles. The molecule has 0 saturated heterocycles. The van der Waals surface area contributed by atoms with Gasteiger partial charge in [-0.3, -0.25) is 0 Å². The van der Waals surface area contributed by atoms with Crippen LogP contribution in [0.3, 0.4) is 0 Å². The third kappa shape index (κ3) is 3.51. The molecule has 0 heterocycles. The zero-order valence-corrected chi connectivity index (χ0v) is 8.48. The van der Waals surface area contributed by atoms with E-state index >= 15 is 0 Å². The number of isothiocyanates is 1. The van der Waals surface area contributed by atoms with Gasteiger partial charge in [-0.15, -0.1) is 11.6 Å². The fourth-order valence-electron chi connectivity index (χ4n) is 0.893. The van der Waals surface area contributed by atoms with Crippen molar-refractivity contribution in [2.45, 2.75) is 0 Å². The molecule has 1 aromatic carbocycles. The van der Waals surface area contributed by atoms with Crippen LogP contribution >= 0.6 is 23.8 Å². The third-order valence-electron chi connectivity index (χ3n) is 1.47. The van der Waals surface area contributed by atoms with Gasteiger partial charge in [0.2, 0.25) is 0 Å². The van der Waals surface area contributed by atoms with E-state index in [0.29, 0.717) is 5.88 Å². The molecule has 0 spiro atoms. The molecule has 0 bridgehead atoms. The Balaban J connectivity index is 2.80. The number of hydrogen-bond donors (Lipinski definition) is 0. The average Bonchev–Trinajstić information content (AvgIpc) is 2.17. The van der Waals surface area contributed by atoms with E-state index in [1.165, 1.54) is 0 Å². The highest BCUT2D eigenvalue weighted by Crippen LogP contribution is 2.12. The summed E-state index contributed by atoms with van der Waals surface area (Å²) in [6.45, 7) is 0. The predicted octanol–water partition coefficient (Wildman–Crippen LogP) is 3.67. The molecule has 1 rings (SSSR count). The largest absolute Gasteiger partial charge is 0.195 e. The summed E-state index contributed by atoms with van der Waals surface area (Å²) in [6, 6.07) is 7.67. The quantitative estimate of drug-likeness (QED) is 0.420. The Bertz CT molecular complexity index is 336. The summed E-state index contributed by atoms with van der Waals surface area (Å²) < 4.78 is 0. The minimum Gasteiger partial charge on any atom is -0.195 e. The second-order valence-electron chi connectivity index (χ2n) is 2.35. The minimum atomic E-state index is 0.528. The van der Waals surface area contributed by atoms with Gasteiger partial charge in [-0.1, -0.05) is 24.3 Å². The number of rotatable bonds is 3. The van der Waals surface area contributed by atoms with Gasteiger partial charge >= 0.3 is 0 Å². The Hall–Kier alpha value is -0.950. The number of thiocarbonyl (C=S) groups is 1. The van der Waals surface area contributed by atoms with E-state index in [-0.39, 0.29) is 0 Å². The van der Waals surface area contributed by atoms with Crippen LogP contribution in [0, 0.1) is 0 Å². The average molecular weight is 210 g/mol. The zero-order chi connectivity index (χ0) is 9.52. The van der Waals surface area contributed by atoms with Crippen molar-refractivity contribution in [1.82, 2.24) is 0 Å². The van der Waals surface area contributed by atoms with Gasteiger partial charge in [0.05, 0.1) is 10.8 Å². The lowest BCUT2D eigenvalue weighted by Crippen LogP contribution is -1.70. The molecule has 1 nitrogen and oxygen atoms in total. The zero-order valence-electron chi connectivity index (χ0n) is 6.90. The molecule has 0 aliphatic rings. The van der Waals surface area contributed by atoms with Crippen LogP contribution in [0.4, 0.5) is 5.69 Å². The monoisotopic (exact) mass is 209 g/mol. The van der Waals surface area contributed by atoms with Crippen LogP contribution in [0.2, 0.25) is 0 Å². The summed E-state index contributed by atoms with van der Waals surface area (Å²) in [6.07, 6.45) is 3.84. The van der Waals surface area contributed by atoms with Crippen LogP contribution in [0.25, 0.3) is 6.08 Å². The summed E-state index contributed by atoms with van der Waals surface area (Å²) in [5, 5.41) is 2.32. The standard InChI is InChI=1S/C10H8ClNS/c11-7-1-2-9-3-5-10(6-4-9)12-8-13/h1-6H,7H2. The van der Waals surface area contributed by atoms with Gasteiger partial charge in [0.1, 0.15) is 0 Å². The van der Waals surface area contributed by atoms with Crippen LogP contribution in [0.1, 0.15) is 5.56 Å². The van der Waals surface area contributed by atoms with E-state index < -0.39 is 0 Å². The smallest absolute Gasteiger partial charge is 0.0739 e. The van der Waals surface area contributed by atoms with Crippen molar-refractivity contribution in [2.75, 3.05) is 5.88 Å². The van der Waals surface area contributed by atoms with Crippen LogP contribution in [-0.4, -0.2) is 11.0 Å². The number of hydrogen-bond acceptors (Lipinski definition) is 2. The van der Waals surface area contributed by atoms with Gasteiger partial charge in [0.15, 0.2) is 0 Å². The summed E-state index contributed by atoms with van der Waals surface area (Å²) in [4.78, 5) is 3.84. The normalized spacial score (nSPS) is 9.92. The van der Waals surface area contributed by atoms with E-state index in [4.69, 9.17) is 11.6 Å². The first kappa shape index (κ1) is 10.1. The Kier molecular flexibility index (Phi) is 4.41. The lowest BCUT2D eigenvalue weighted by atomic mass is 10.2. The van der Waals surface area contributed by atoms with E-state index in [1.807, 2.05) is 36.4 Å². The van der Waals surface area contributed by atoms with Gasteiger partial charge in [-0.2, -0.15) is 4.99 Å². The number of allylic oxidation sites excluding steroid dienone is 1. The molecule has 0 aliphatic heterocycles. The first-order valence-corrected chi connectivity index (χ1v) is 4.71. The van der Waals surface area contributed by atoms with E-state index in [0.717, 1.165) is 11.3 Å². The lowest BCUT2D eigenvalue weighted by Gasteiger charge is -1.93. The minimum absolute atomic E-state index is 0.528. The SMILES string of the molecule is S=C=Nc1ccc(C=CCCl)cc1. The molecule has 1 aromatic rings. The van der Waals surface area contributed by atoms with Crippen molar-refractivity contribution in [3.05, 3.63) is 35.9 Å². The van der Waals surface area contributed by atoms with Crippen molar-refractivity contribution >= 4 is 40.7 Å². The topological polar surface area (TPSA) is 12.4 Å². The molecule has 0 fully saturated rings. The first-order valence-electron chi connectivity index (χ1n) is 3.77. The highest BCUT2D eigenvalue weighted by molar-refractivity contribution is 7.78. The molecule has 3 heteroatoms. The lowest BCUT2D eigenvalue weighted by molar-refractivity contribution is 1.53. The molecule has 13 heavy (non-hydrogen) atoms. The van der Waals surface area contributed by atoms with Crippen LogP contribution in [0.15, 0.2) is 35.3 Å². The molecular formula is C10H8ClNS. The molecular weight excluding hydrogens is 202 g/mol. The molecule has 0 radical (unpaired) electrons. The summed E-state index contributed by atoms with van der Waals surface area (Å²) in [7, 11) is 0. The fraction of sp³-hybridized carbons (Fsp3) is 0.100. The third-order valence-corrected chi connectivity index (χ3v) is 1.74. The van der Waals surface area contributed by atoms with Crippen molar-refractivity contribution in [2.24, 2.45) is 4.99 Å². The second-order valence-corrected chi connectivity index (χ2v) is 2.84. The van der Waals surface area contributed by atoms with Crippen molar-refractivity contribution in [3.8, 4) is 0 Å². The number of benzene rings is 1. The molecule has 0 N–H and O–H groups in total. The summed E-state index contributed by atoms with van der Waals surface area (Å²) in [5.74, 6) is 0.528. The molecule has 66 valence electrons. The van der Waals surface area contributed by atoms with Gasteiger partial charge in [-0.25, -0.2) is 0 Å². The fourth-order valence-corrected chi connectivity index (χ4v) is 1.09. The van der Waals surface area contributed by atoms with E-state index in [2.05, 4.69) is 22.4 Å². The van der Waals surface area contributed by atoms with Gasteiger partial charge in [0.25, 0.3) is 0 Å². The van der Waals surface area contributed by atoms with E-state index in [9.17, 15) is 0 Å². The van der Waals surface area contributed by atoms with Crippen LogP contribution in [0.5, 0.6) is 0 Å². The first-order chi connectivity index (χ1) is 6.36. The summed E-state index contributed by atoms with van der Waals surface area (Å²) in [5.41, 5.74) is 1.92. The highest BCUT2D eigenvalue weighted by atomic mass is 35.5. The van der Waals surface area contributed by atoms with Gasteiger partial charge < -0.3 is 0 Å². The highest BCUT2D eigenvalue weighted by Gasteiger charge is 1.87. The molecule has 0 aromatic heterocycles. The van der Waals surface area contributed by atoms with Gasteiger partial charge in [0, 0.05) is 5.88 Å². The van der Waals surface area contributed by atoms with Crippen molar-refractivity contribution in [3.63, 3.8) is 0 Å². The second kappa shape index (κ2) is 5.65. The Morgan fingerprint density at radius 1 is 1.38 bits per heavy atom. The van der Waals surface area contributed by atoms with Gasteiger partial charge in [-0.05, 0) is 29.9 Å². The molecule has 0 atom stereocenters. The Morgan fingerprint density at radius 3 is 2.62 bits per heavy atom. The number of nitrogens with zero attached hydrogens (tertiary/aromatic N) is 1. The molecule has 0 saturated carbocycles. The number of aliphatic imine (C=N–C) groups is 1. The van der Waals surface area contributed by atoms with E-state index in [1.54, 1.807) is 0 Å². The number of alkyl halides is 1. The summed E-state index contributed by atoms with van der Waals surface area (Å²) >= 11 is 9.99. The number of halogens is 1. The molecule has 0 unspecified atom stereocenters. The Labute approximate surface area is 87.8 Å². The maximum absolute atomic E-state index is 5.50. The van der Waals surface area contributed by atoms with Crippen LogP contribution < -0.4 is 0 Å². The Morgan fingerprint density at radius 2 is 2.08 bits per heavy atom. The molecule has 0 amide bonds. The maximum atomic E-state index is 5.50. The maximum Gasteiger partial charge on any atom is 0.0739 e. The van der Waals surface area contributed by atoms with Crippen molar-refractivity contribution < 1.29 is 0 Å². The predicted molar refractivity (Wildman–Crippen MR) is 60.9 cm³/mol. The van der Waals surface area contributed by atoms with Crippen molar-refractivity contribution in [1.29, 1.82) is 0 Å².